The Morgan fingerprint density at radius 3 is 2.39 bits per heavy atom. The van der Waals surface area contributed by atoms with Gasteiger partial charge in [-0.15, -0.1) is 0 Å². The van der Waals surface area contributed by atoms with E-state index in [0.29, 0.717) is 16.9 Å². The van der Waals surface area contributed by atoms with Gasteiger partial charge in [0.2, 0.25) is 0 Å². The Kier molecular flexibility index (Phi) is 6.57. The average Bonchev–Trinajstić information content (AvgIpc) is 3.40. The zero-order valence-corrected chi connectivity index (χ0v) is 18.9. The molecule has 168 valence electrons. The van der Waals surface area contributed by atoms with Gasteiger partial charge < -0.3 is 9.15 Å². The summed E-state index contributed by atoms with van der Waals surface area (Å²) in [4.78, 5) is 13.0. The summed E-state index contributed by atoms with van der Waals surface area (Å²) in [5.41, 5.74) is 4.03. The largest absolute Gasteiger partial charge is 0.486 e. The van der Waals surface area contributed by atoms with Crippen LogP contribution >= 0.6 is 0 Å². The summed E-state index contributed by atoms with van der Waals surface area (Å²) in [5, 5.41) is 0.645. The molecule has 0 saturated heterocycles. The topological polar surface area (TPSA) is 39.4 Å². The minimum atomic E-state index is -0.0585. The number of hydrogen-bond acceptors (Lipinski definition) is 3. The van der Waals surface area contributed by atoms with Crippen molar-refractivity contribution < 1.29 is 9.15 Å². The molecule has 0 spiro atoms. The highest BCUT2D eigenvalue weighted by molar-refractivity contribution is 5.78. The zero-order chi connectivity index (χ0) is 22.5. The van der Waals surface area contributed by atoms with E-state index < -0.39 is 0 Å². The van der Waals surface area contributed by atoms with E-state index in [2.05, 4.69) is 36.4 Å². The number of ether oxygens (including phenoxy) is 1. The molecular formula is C30H30O3. The van der Waals surface area contributed by atoms with E-state index >= 15 is 0 Å². The molecule has 1 unspecified atom stereocenters. The van der Waals surface area contributed by atoms with E-state index in [1.807, 2.05) is 42.5 Å². The van der Waals surface area contributed by atoms with Gasteiger partial charge in [0.15, 0.2) is 5.43 Å². The molecule has 1 atom stereocenters. The summed E-state index contributed by atoms with van der Waals surface area (Å²) in [7, 11) is 0. The van der Waals surface area contributed by atoms with Crippen LogP contribution in [0.2, 0.25) is 0 Å². The van der Waals surface area contributed by atoms with Gasteiger partial charge in [-0.3, -0.25) is 4.79 Å². The van der Waals surface area contributed by atoms with E-state index in [1.165, 1.54) is 18.4 Å². The monoisotopic (exact) mass is 438 g/mol. The molecule has 33 heavy (non-hydrogen) atoms. The fraction of sp³-hybridized carbons (Fsp3) is 0.300. The van der Waals surface area contributed by atoms with Crippen LogP contribution in [0.5, 0.6) is 5.75 Å². The fourth-order valence-electron chi connectivity index (χ4n) is 4.98. The number of benzene rings is 3. The van der Waals surface area contributed by atoms with Gasteiger partial charge in [-0.2, -0.15) is 0 Å². The second-order valence-corrected chi connectivity index (χ2v) is 9.05. The van der Waals surface area contributed by atoms with Gasteiger partial charge >= 0.3 is 0 Å². The maximum atomic E-state index is 13.0. The summed E-state index contributed by atoms with van der Waals surface area (Å²) in [6.07, 6.45) is 9.12. The van der Waals surface area contributed by atoms with E-state index in [4.69, 9.17) is 9.15 Å². The Morgan fingerprint density at radius 2 is 1.64 bits per heavy atom. The molecule has 0 radical (unpaired) electrons. The maximum Gasteiger partial charge on any atom is 0.196 e. The lowest BCUT2D eigenvalue weighted by Crippen LogP contribution is -2.12. The van der Waals surface area contributed by atoms with E-state index in [9.17, 15) is 4.79 Å². The van der Waals surface area contributed by atoms with Crippen LogP contribution in [0.15, 0.2) is 94.3 Å². The first-order chi connectivity index (χ1) is 16.3. The van der Waals surface area contributed by atoms with Crippen molar-refractivity contribution in [2.75, 3.05) is 0 Å². The fourth-order valence-corrected chi connectivity index (χ4v) is 4.98. The van der Waals surface area contributed by atoms with Crippen LogP contribution in [0.1, 0.15) is 67.2 Å². The average molecular weight is 439 g/mol. The van der Waals surface area contributed by atoms with Crippen LogP contribution in [-0.2, 0) is 6.42 Å². The predicted molar refractivity (Wildman–Crippen MR) is 133 cm³/mol. The first kappa shape index (κ1) is 21.5. The van der Waals surface area contributed by atoms with Crippen molar-refractivity contribution in [1.29, 1.82) is 0 Å². The molecule has 3 aromatic carbocycles. The summed E-state index contributed by atoms with van der Waals surface area (Å²) in [5.74, 6) is 1.07. The Bertz CT molecular complexity index is 1240. The second-order valence-electron chi connectivity index (χ2n) is 9.05. The SMILES string of the molecule is O=c1c(C2CCCC2)coc2cc(OC(CCCc3ccccc3)c3ccccc3)ccc12. The lowest BCUT2D eigenvalue weighted by molar-refractivity contribution is 0.192. The third kappa shape index (κ3) is 5.03. The highest BCUT2D eigenvalue weighted by atomic mass is 16.5. The Morgan fingerprint density at radius 1 is 0.909 bits per heavy atom. The Hall–Kier alpha value is -3.33. The first-order valence-electron chi connectivity index (χ1n) is 12.1. The Labute approximate surface area is 195 Å². The van der Waals surface area contributed by atoms with Gasteiger partial charge in [0, 0.05) is 11.6 Å². The van der Waals surface area contributed by atoms with Crippen molar-refractivity contribution in [1.82, 2.24) is 0 Å². The third-order valence-corrected chi connectivity index (χ3v) is 6.79. The molecule has 0 aliphatic heterocycles. The van der Waals surface area contributed by atoms with E-state index in [0.717, 1.165) is 49.0 Å². The molecule has 1 saturated carbocycles. The van der Waals surface area contributed by atoms with Crippen LogP contribution in [0.4, 0.5) is 0 Å². The third-order valence-electron chi connectivity index (χ3n) is 6.79. The lowest BCUT2D eigenvalue weighted by atomic mass is 9.98. The smallest absolute Gasteiger partial charge is 0.196 e. The minimum Gasteiger partial charge on any atom is -0.486 e. The summed E-state index contributed by atoms with van der Waals surface area (Å²) >= 11 is 0. The normalized spacial score (nSPS) is 15.0. The van der Waals surface area contributed by atoms with Gasteiger partial charge in [0.1, 0.15) is 17.4 Å². The standard InChI is InChI=1S/C30H30O3/c31-30-26-19-18-25(20-29(26)32-21-27(30)23-13-7-8-14-23)33-28(24-15-5-2-6-16-24)17-9-12-22-10-3-1-4-11-22/h1-6,10-11,15-16,18-21,23,28H,7-9,12-14,17H2. The highest BCUT2D eigenvalue weighted by Crippen LogP contribution is 2.34. The van der Waals surface area contributed by atoms with Crippen molar-refractivity contribution in [2.45, 2.75) is 57.0 Å². The van der Waals surface area contributed by atoms with Gasteiger partial charge in [-0.05, 0) is 61.3 Å². The number of rotatable bonds is 8. The predicted octanol–water partition coefficient (Wildman–Crippen LogP) is 7.59. The summed E-state index contributed by atoms with van der Waals surface area (Å²) in [6.45, 7) is 0. The summed E-state index contributed by atoms with van der Waals surface area (Å²) < 4.78 is 12.4. The first-order valence-corrected chi connectivity index (χ1v) is 12.1. The molecule has 1 aliphatic carbocycles. The second kappa shape index (κ2) is 10.1. The van der Waals surface area contributed by atoms with Gasteiger partial charge in [0.25, 0.3) is 0 Å². The zero-order valence-electron chi connectivity index (χ0n) is 18.9. The van der Waals surface area contributed by atoms with E-state index in [-0.39, 0.29) is 11.5 Å². The lowest BCUT2D eigenvalue weighted by Gasteiger charge is -2.20. The van der Waals surface area contributed by atoms with Crippen molar-refractivity contribution in [3.05, 3.63) is 112 Å². The molecule has 3 heteroatoms. The van der Waals surface area contributed by atoms with Gasteiger partial charge in [-0.1, -0.05) is 73.5 Å². The van der Waals surface area contributed by atoms with Crippen LogP contribution < -0.4 is 10.2 Å². The molecule has 0 amide bonds. The molecule has 1 aliphatic rings. The molecule has 4 aromatic rings. The quantitative estimate of drug-likeness (QED) is 0.284. The van der Waals surface area contributed by atoms with Crippen LogP contribution in [0, 0.1) is 0 Å². The highest BCUT2D eigenvalue weighted by Gasteiger charge is 2.22. The van der Waals surface area contributed by atoms with Crippen molar-refractivity contribution in [2.24, 2.45) is 0 Å². The molecule has 1 fully saturated rings. The van der Waals surface area contributed by atoms with Crippen molar-refractivity contribution in [3.8, 4) is 5.75 Å². The van der Waals surface area contributed by atoms with Crippen LogP contribution in [0.25, 0.3) is 11.0 Å². The molecule has 1 aromatic heterocycles. The van der Waals surface area contributed by atoms with Crippen molar-refractivity contribution >= 4 is 11.0 Å². The number of aryl methyl sites for hydroxylation is 1. The van der Waals surface area contributed by atoms with Gasteiger partial charge in [0.05, 0.1) is 11.6 Å². The van der Waals surface area contributed by atoms with Crippen LogP contribution in [0.3, 0.4) is 0 Å². The molecule has 3 nitrogen and oxygen atoms in total. The maximum absolute atomic E-state index is 13.0. The number of hydrogen-bond donors (Lipinski definition) is 0. The molecule has 0 bridgehead atoms. The minimum absolute atomic E-state index is 0.0585. The molecule has 0 N–H and O–H groups in total. The molecule has 1 heterocycles. The number of fused-ring (bicyclic) bond motifs is 1. The van der Waals surface area contributed by atoms with Crippen molar-refractivity contribution in [3.63, 3.8) is 0 Å². The summed E-state index contributed by atoms with van der Waals surface area (Å²) in [6, 6.07) is 26.5. The van der Waals surface area contributed by atoms with Crippen LogP contribution in [-0.4, -0.2) is 0 Å². The molecular weight excluding hydrogens is 408 g/mol. The van der Waals surface area contributed by atoms with Gasteiger partial charge in [-0.25, -0.2) is 0 Å². The van der Waals surface area contributed by atoms with E-state index in [1.54, 1.807) is 6.26 Å². The Balaban J connectivity index is 1.35. The molecule has 5 rings (SSSR count).